The predicted molar refractivity (Wildman–Crippen MR) is 127 cm³/mol. The lowest BCUT2D eigenvalue weighted by Gasteiger charge is -2.47. The fourth-order valence-corrected chi connectivity index (χ4v) is 5.87. The summed E-state index contributed by atoms with van der Waals surface area (Å²) in [5, 5.41) is 3.38. The van der Waals surface area contributed by atoms with E-state index in [0.717, 1.165) is 64.1 Å². The topological polar surface area (TPSA) is 90.6 Å². The number of nitrogen functional groups attached to an aromatic ring is 1. The predicted octanol–water partition coefficient (Wildman–Crippen LogP) is 2.14. The number of likely N-dealkylation sites (N-methyl/N-ethyl adjacent to an activating group) is 1. The molecule has 0 saturated carbocycles. The van der Waals surface area contributed by atoms with Gasteiger partial charge in [-0.1, -0.05) is 13.3 Å². The SMILES string of the molecule is CCCN1C[C@@H](NC(=O)N(CC)CCN2CCCCC2)C[C@@H]2Cc3nc(N)ncc3C[C@H]21. The van der Waals surface area contributed by atoms with Crippen molar-refractivity contribution in [3.8, 4) is 0 Å². The van der Waals surface area contributed by atoms with Crippen LogP contribution in [0.15, 0.2) is 6.20 Å². The Morgan fingerprint density at radius 3 is 2.78 bits per heavy atom. The number of aromatic nitrogens is 2. The summed E-state index contributed by atoms with van der Waals surface area (Å²) in [7, 11) is 0. The Balaban J connectivity index is 1.37. The van der Waals surface area contributed by atoms with Gasteiger partial charge in [-0.15, -0.1) is 0 Å². The largest absolute Gasteiger partial charge is 0.368 e. The Bertz CT molecular complexity index is 767. The minimum atomic E-state index is 0.0900. The highest BCUT2D eigenvalue weighted by molar-refractivity contribution is 5.74. The molecule has 1 aromatic heterocycles. The van der Waals surface area contributed by atoms with Crippen LogP contribution in [0.3, 0.4) is 0 Å². The average Bonchev–Trinajstić information content (AvgIpc) is 2.79. The zero-order valence-electron chi connectivity index (χ0n) is 19.9. The van der Waals surface area contributed by atoms with Gasteiger partial charge in [-0.3, -0.25) is 4.90 Å². The summed E-state index contributed by atoms with van der Waals surface area (Å²) in [4.78, 5) is 28.9. The Labute approximate surface area is 192 Å². The summed E-state index contributed by atoms with van der Waals surface area (Å²) in [6, 6.07) is 0.775. The summed E-state index contributed by atoms with van der Waals surface area (Å²) in [5.41, 5.74) is 8.18. The van der Waals surface area contributed by atoms with Gasteiger partial charge in [-0.25, -0.2) is 14.8 Å². The monoisotopic (exact) mass is 443 g/mol. The Kier molecular flexibility index (Phi) is 7.84. The lowest BCUT2D eigenvalue weighted by Crippen LogP contribution is -2.59. The van der Waals surface area contributed by atoms with Crippen LogP contribution in [0.5, 0.6) is 0 Å². The molecule has 4 rings (SSSR count). The smallest absolute Gasteiger partial charge is 0.317 e. The van der Waals surface area contributed by atoms with Gasteiger partial charge in [0.25, 0.3) is 0 Å². The van der Waals surface area contributed by atoms with E-state index in [1.54, 1.807) is 0 Å². The molecule has 1 aromatic rings. The van der Waals surface area contributed by atoms with Crippen LogP contribution in [0.2, 0.25) is 0 Å². The normalized spacial score (nSPS) is 26.2. The molecule has 178 valence electrons. The first-order chi connectivity index (χ1) is 15.6. The number of nitrogens with zero attached hydrogens (tertiary/aromatic N) is 5. The number of fused-ring (bicyclic) bond motifs is 2. The Morgan fingerprint density at radius 2 is 2.03 bits per heavy atom. The van der Waals surface area contributed by atoms with E-state index in [-0.39, 0.29) is 12.1 Å². The molecule has 3 aliphatic rings. The number of nitrogens with one attached hydrogen (secondary N) is 1. The van der Waals surface area contributed by atoms with Crippen LogP contribution in [0.1, 0.15) is 57.2 Å². The molecule has 1 aliphatic carbocycles. The molecule has 0 unspecified atom stereocenters. The van der Waals surface area contributed by atoms with E-state index in [1.165, 1.54) is 37.9 Å². The van der Waals surface area contributed by atoms with Crippen LogP contribution in [0.25, 0.3) is 0 Å². The fourth-order valence-electron chi connectivity index (χ4n) is 5.87. The van der Waals surface area contributed by atoms with Crippen molar-refractivity contribution in [2.75, 3.05) is 51.5 Å². The van der Waals surface area contributed by atoms with Crippen LogP contribution < -0.4 is 11.1 Å². The van der Waals surface area contributed by atoms with E-state index in [4.69, 9.17) is 5.73 Å². The zero-order chi connectivity index (χ0) is 22.5. The molecule has 3 atom stereocenters. The van der Waals surface area contributed by atoms with Crippen molar-refractivity contribution < 1.29 is 4.79 Å². The van der Waals surface area contributed by atoms with Crippen LogP contribution >= 0.6 is 0 Å². The van der Waals surface area contributed by atoms with Gasteiger partial charge in [-0.2, -0.15) is 0 Å². The maximum absolute atomic E-state index is 13.1. The highest BCUT2D eigenvalue weighted by Crippen LogP contribution is 2.34. The fraction of sp³-hybridized carbons (Fsp3) is 0.792. The van der Waals surface area contributed by atoms with E-state index in [1.807, 2.05) is 11.1 Å². The van der Waals surface area contributed by atoms with Gasteiger partial charge in [0.15, 0.2) is 0 Å². The van der Waals surface area contributed by atoms with Gasteiger partial charge in [0, 0.05) is 50.2 Å². The molecule has 0 spiro atoms. The number of anilines is 1. The van der Waals surface area contributed by atoms with Crippen LogP contribution in [-0.2, 0) is 12.8 Å². The molecule has 3 heterocycles. The summed E-state index contributed by atoms with van der Waals surface area (Å²) in [5.74, 6) is 0.853. The third-order valence-electron chi connectivity index (χ3n) is 7.55. The second kappa shape index (κ2) is 10.8. The lowest BCUT2D eigenvalue weighted by molar-refractivity contribution is 0.0623. The second-order valence-electron chi connectivity index (χ2n) is 9.79. The zero-order valence-corrected chi connectivity index (χ0v) is 19.9. The molecule has 32 heavy (non-hydrogen) atoms. The molecule has 2 fully saturated rings. The molecule has 8 heteroatoms. The maximum atomic E-state index is 13.1. The van der Waals surface area contributed by atoms with E-state index in [2.05, 4.69) is 38.9 Å². The van der Waals surface area contributed by atoms with Crippen molar-refractivity contribution >= 4 is 12.0 Å². The number of nitrogens with two attached hydrogens (primary N) is 1. The number of carbonyl (C=O) groups excluding carboxylic acids is 1. The van der Waals surface area contributed by atoms with E-state index in [0.29, 0.717) is 17.9 Å². The number of urea groups is 1. The third kappa shape index (κ3) is 5.52. The second-order valence-corrected chi connectivity index (χ2v) is 9.79. The number of hydrogen-bond acceptors (Lipinski definition) is 6. The van der Waals surface area contributed by atoms with E-state index in [9.17, 15) is 4.79 Å². The van der Waals surface area contributed by atoms with Gasteiger partial charge in [0.1, 0.15) is 0 Å². The number of piperidine rings is 2. The molecule has 0 aromatic carbocycles. The lowest BCUT2D eigenvalue weighted by atomic mass is 9.76. The summed E-state index contributed by atoms with van der Waals surface area (Å²) in [6.07, 6.45) is 9.86. The molecular weight excluding hydrogens is 402 g/mol. The number of rotatable bonds is 7. The van der Waals surface area contributed by atoms with Crippen LogP contribution in [0, 0.1) is 5.92 Å². The highest BCUT2D eigenvalue weighted by Gasteiger charge is 2.40. The molecule has 2 aliphatic heterocycles. The summed E-state index contributed by atoms with van der Waals surface area (Å²) in [6.45, 7) is 11.2. The third-order valence-corrected chi connectivity index (χ3v) is 7.55. The first-order valence-corrected chi connectivity index (χ1v) is 12.7. The van der Waals surface area contributed by atoms with Crippen molar-refractivity contribution in [3.63, 3.8) is 0 Å². The molecule has 8 nitrogen and oxygen atoms in total. The molecule has 0 bridgehead atoms. The number of hydrogen-bond donors (Lipinski definition) is 2. The average molecular weight is 444 g/mol. The molecule has 2 amide bonds. The standard InChI is InChI=1S/C24H41N7O/c1-3-8-31-17-20(13-18-14-21-19(15-22(18)31)16-26-23(25)28-21)27-24(32)30(4-2)12-11-29-9-6-5-7-10-29/h16,18,20,22H,3-15,17H2,1-2H3,(H,27,32)(H2,25,26,28)/t18-,20+,22-/m1/s1. The maximum Gasteiger partial charge on any atom is 0.317 e. The minimum Gasteiger partial charge on any atom is -0.368 e. The molecule has 3 N–H and O–H groups in total. The number of likely N-dealkylation sites (tertiary alicyclic amines) is 2. The van der Waals surface area contributed by atoms with Crippen molar-refractivity contribution in [1.29, 1.82) is 0 Å². The summed E-state index contributed by atoms with van der Waals surface area (Å²) >= 11 is 0. The van der Waals surface area contributed by atoms with Crippen molar-refractivity contribution in [2.45, 2.75) is 70.9 Å². The van der Waals surface area contributed by atoms with Crippen molar-refractivity contribution in [2.24, 2.45) is 5.92 Å². The quantitative estimate of drug-likeness (QED) is 0.671. The first kappa shape index (κ1) is 23.2. The van der Waals surface area contributed by atoms with Crippen molar-refractivity contribution in [1.82, 2.24) is 30.0 Å². The highest BCUT2D eigenvalue weighted by atomic mass is 16.2. The van der Waals surface area contributed by atoms with Crippen molar-refractivity contribution in [3.05, 3.63) is 17.5 Å². The number of carbonyl (C=O) groups is 1. The molecule has 0 radical (unpaired) electrons. The molecular formula is C24H41N7O. The van der Waals surface area contributed by atoms with Gasteiger partial charge in [-0.05, 0) is 76.6 Å². The Morgan fingerprint density at radius 1 is 1.22 bits per heavy atom. The van der Waals surface area contributed by atoms with Gasteiger partial charge in [0.05, 0.1) is 0 Å². The van der Waals surface area contributed by atoms with Gasteiger partial charge in [0.2, 0.25) is 5.95 Å². The van der Waals surface area contributed by atoms with Crippen LogP contribution in [-0.4, -0.2) is 88.6 Å². The van der Waals surface area contributed by atoms with Gasteiger partial charge < -0.3 is 20.9 Å². The van der Waals surface area contributed by atoms with Gasteiger partial charge >= 0.3 is 6.03 Å². The van der Waals surface area contributed by atoms with E-state index >= 15 is 0 Å². The van der Waals surface area contributed by atoms with E-state index < -0.39 is 0 Å². The van der Waals surface area contributed by atoms with Crippen LogP contribution in [0.4, 0.5) is 10.7 Å². The molecule has 2 saturated heterocycles. The minimum absolute atomic E-state index is 0.0900. The first-order valence-electron chi connectivity index (χ1n) is 12.7. The summed E-state index contributed by atoms with van der Waals surface area (Å²) < 4.78 is 0. The Hall–Kier alpha value is -1.93. The number of amides is 2.